The van der Waals surface area contributed by atoms with Crippen molar-refractivity contribution in [2.45, 2.75) is 61.3 Å². The summed E-state index contributed by atoms with van der Waals surface area (Å²) < 4.78 is 0. The molecule has 0 fully saturated rings. The number of unbranched alkanes of at least 4 members (excludes halogenated alkanes) is 1. The Balaban J connectivity index is 0.000000343. The molecule has 0 atom stereocenters. The quantitative estimate of drug-likeness (QED) is 0.183. The lowest BCUT2D eigenvalue weighted by molar-refractivity contribution is 0.886. The first-order chi connectivity index (χ1) is 19.0. The van der Waals surface area contributed by atoms with E-state index in [1.54, 1.807) is 0 Å². The van der Waals surface area contributed by atoms with E-state index in [-0.39, 0.29) is 0 Å². The SMILES string of the molecule is C/C=C\C(=C/C)c1ccc(C)c(-c2ccccc2C)c1.C=C.CCCC.Cc1ccccc1-c1ccccc1. The van der Waals surface area contributed by atoms with E-state index in [2.05, 4.69) is 171 Å². The number of rotatable bonds is 5. The van der Waals surface area contributed by atoms with Gasteiger partial charge in [0.25, 0.3) is 0 Å². The molecule has 0 bridgehead atoms. The maximum Gasteiger partial charge on any atom is -0.0146 e. The van der Waals surface area contributed by atoms with Crippen LogP contribution in [-0.4, -0.2) is 0 Å². The molecule has 0 heteroatoms. The average Bonchev–Trinajstić information content (AvgIpc) is 2.99. The van der Waals surface area contributed by atoms with Crippen molar-refractivity contribution in [3.8, 4) is 22.3 Å². The van der Waals surface area contributed by atoms with Crippen molar-refractivity contribution in [1.29, 1.82) is 0 Å². The van der Waals surface area contributed by atoms with Gasteiger partial charge < -0.3 is 0 Å². The lowest BCUT2D eigenvalue weighted by Gasteiger charge is -2.12. The van der Waals surface area contributed by atoms with Gasteiger partial charge in [-0.25, -0.2) is 0 Å². The number of allylic oxidation sites excluding steroid dienone is 4. The van der Waals surface area contributed by atoms with Crippen LogP contribution in [0.5, 0.6) is 0 Å². The highest BCUT2D eigenvalue weighted by molar-refractivity contribution is 5.79. The molecule has 0 saturated heterocycles. The summed E-state index contributed by atoms with van der Waals surface area (Å²) in [6.07, 6.45) is 9.04. The minimum absolute atomic E-state index is 1.27. The monoisotopic (exact) mass is 516 g/mol. The molecule has 0 spiro atoms. The van der Waals surface area contributed by atoms with Crippen LogP contribution in [0.4, 0.5) is 0 Å². The molecule has 4 aromatic carbocycles. The van der Waals surface area contributed by atoms with Gasteiger partial charge in [0, 0.05) is 0 Å². The van der Waals surface area contributed by atoms with Crippen LogP contribution in [-0.2, 0) is 0 Å². The summed E-state index contributed by atoms with van der Waals surface area (Å²) in [5.74, 6) is 0. The summed E-state index contributed by atoms with van der Waals surface area (Å²) in [6, 6.07) is 34.2. The van der Waals surface area contributed by atoms with Crippen LogP contribution in [0, 0.1) is 20.8 Å². The molecular weight excluding hydrogens is 468 g/mol. The fourth-order valence-corrected chi connectivity index (χ4v) is 4.02. The lowest BCUT2D eigenvalue weighted by atomic mass is 9.93. The Kier molecular flexibility index (Phi) is 16.3. The van der Waals surface area contributed by atoms with Crippen LogP contribution in [0.2, 0.25) is 0 Å². The molecule has 4 aromatic rings. The zero-order valence-electron chi connectivity index (χ0n) is 25.3. The van der Waals surface area contributed by atoms with Gasteiger partial charge in [0.15, 0.2) is 0 Å². The zero-order chi connectivity index (χ0) is 29.0. The molecule has 0 aliphatic heterocycles. The predicted molar refractivity (Wildman–Crippen MR) is 178 cm³/mol. The van der Waals surface area contributed by atoms with Crippen molar-refractivity contribution < 1.29 is 0 Å². The third kappa shape index (κ3) is 10.8. The summed E-state index contributed by atoms with van der Waals surface area (Å²) in [4.78, 5) is 0. The second kappa shape index (κ2) is 19.2. The Morgan fingerprint density at radius 3 is 1.56 bits per heavy atom. The molecule has 0 nitrogen and oxygen atoms in total. The van der Waals surface area contributed by atoms with E-state index in [9.17, 15) is 0 Å². The Labute approximate surface area is 239 Å². The summed E-state index contributed by atoms with van der Waals surface area (Å²) in [7, 11) is 0. The van der Waals surface area contributed by atoms with Crippen molar-refractivity contribution in [1.82, 2.24) is 0 Å². The second-order valence-corrected chi connectivity index (χ2v) is 9.27. The van der Waals surface area contributed by atoms with Crippen molar-refractivity contribution in [2.24, 2.45) is 0 Å². The first-order valence-corrected chi connectivity index (χ1v) is 14.0. The molecule has 0 N–H and O–H groups in total. The molecule has 0 saturated carbocycles. The molecule has 0 heterocycles. The molecule has 0 aliphatic rings. The minimum atomic E-state index is 1.27. The fraction of sp³-hybridized carbons (Fsp3) is 0.231. The van der Waals surface area contributed by atoms with Gasteiger partial charge >= 0.3 is 0 Å². The van der Waals surface area contributed by atoms with Crippen molar-refractivity contribution >= 4 is 5.57 Å². The van der Waals surface area contributed by atoms with Crippen LogP contribution in [0.3, 0.4) is 0 Å². The molecule has 39 heavy (non-hydrogen) atoms. The van der Waals surface area contributed by atoms with E-state index < -0.39 is 0 Å². The standard InChI is InChI=1S/C20H22.C13H12.C4H10.C2H4/c1-5-9-17(6-2)18-13-12-16(4)20(14-18)19-11-8-7-10-15(19)3;1-11-7-5-6-10-13(11)12-8-3-2-4-9-12;1-3-4-2;1-2/h5-14H,1-4H3;2-10H,1H3;3-4H2,1-2H3;1-2H2/b9-5-,17-6+;;;. The Morgan fingerprint density at radius 1 is 0.590 bits per heavy atom. The van der Waals surface area contributed by atoms with Gasteiger partial charge in [0.2, 0.25) is 0 Å². The van der Waals surface area contributed by atoms with Gasteiger partial charge in [-0.05, 0) is 90.8 Å². The summed E-state index contributed by atoms with van der Waals surface area (Å²) in [5.41, 5.74) is 11.8. The highest BCUT2D eigenvalue weighted by Crippen LogP contribution is 2.30. The number of hydrogen-bond donors (Lipinski definition) is 0. The highest BCUT2D eigenvalue weighted by atomic mass is 14.1. The minimum Gasteiger partial charge on any atom is -0.106 e. The Morgan fingerprint density at radius 2 is 1.08 bits per heavy atom. The Hall–Kier alpha value is -3.90. The summed E-state index contributed by atoms with van der Waals surface area (Å²) in [6.45, 7) is 21.0. The van der Waals surface area contributed by atoms with Crippen LogP contribution in [0.1, 0.15) is 62.8 Å². The van der Waals surface area contributed by atoms with E-state index in [4.69, 9.17) is 0 Å². The number of aryl methyl sites for hydroxylation is 3. The maximum atomic E-state index is 3.00. The van der Waals surface area contributed by atoms with Gasteiger partial charge in [0.1, 0.15) is 0 Å². The van der Waals surface area contributed by atoms with Crippen LogP contribution in [0.15, 0.2) is 128 Å². The summed E-state index contributed by atoms with van der Waals surface area (Å²) >= 11 is 0. The van der Waals surface area contributed by atoms with Gasteiger partial charge in [-0.3, -0.25) is 0 Å². The van der Waals surface area contributed by atoms with Gasteiger partial charge in [-0.15, -0.1) is 13.2 Å². The van der Waals surface area contributed by atoms with Crippen molar-refractivity contribution in [3.05, 3.63) is 151 Å². The third-order valence-corrected chi connectivity index (χ3v) is 6.39. The second-order valence-electron chi connectivity index (χ2n) is 9.27. The maximum absolute atomic E-state index is 3.00. The highest BCUT2D eigenvalue weighted by Gasteiger charge is 2.07. The van der Waals surface area contributed by atoms with E-state index >= 15 is 0 Å². The van der Waals surface area contributed by atoms with Crippen molar-refractivity contribution in [3.63, 3.8) is 0 Å². The first kappa shape index (κ1) is 33.1. The van der Waals surface area contributed by atoms with E-state index in [0.717, 1.165) is 0 Å². The molecule has 0 amide bonds. The first-order valence-electron chi connectivity index (χ1n) is 14.0. The number of hydrogen-bond acceptors (Lipinski definition) is 0. The Bertz CT molecular complexity index is 1290. The lowest BCUT2D eigenvalue weighted by Crippen LogP contribution is -1.90. The van der Waals surface area contributed by atoms with E-state index in [0.29, 0.717) is 0 Å². The van der Waals surface area contributed by atoms with Crippen LogP contribution >= 0.6 is 0 Å². The van der Waals surface area contributed by atoms with Gasteiger partial charge in [-0.2, -0.15) is 0 Å². The van der Waals surface area contributed by atoms with Crippen LogP contribution < -0.4 is 0 Å². The molecule has 4 rings (SSSR count). The summed E-state index contributed by atoms with van der Waals surface area (Å²) in [5, 5.41) is 0. The zero-order valence-corrected chi connectivity index (χ0v) is 25.3. The average molecular weight is 517 g/mol. The number of benzene rings is 4. The molecular formula is C39H48. The molecule has 204 valence electrons. The largest absolute Gasteiger partial charge is 0.106 e. The van der Waals surface area contributed by atoms with Gasteiger partial charge in [-0.1, -0.05) is 136 Å². The van der Waals surface area contributed by atoms with E-state index in [1.165, 1.54) is 62.9 Å². The third-order valence-electron chi connectivity index (χ3n) is 6.39. The normalized spacial score (nSPS) is 10.4. The molecule has 0 aliphatic carbocycles. The topological polar surface area (TPSA) is 0 Å². The van der Waals surface area contributed by atoms with Crippen LogP contribution in [0.25, 0.3) is 27.8 Å². The smallest absolute Gasteiger partial charge is 0.0146 e. The fourth-order valence-electron chi connectivity index (χ4n) is 4.02. The molecule has 0 unspecified atom stereocenters. The predicted octanol–water partition coefficient (Wildman–Crippen LogP) is 12.2. The molecule has 0 aromatic heterocycles. The van der Waals surface area contributed by atoms with E-state index in [1.807, 2.05) is 6.07 Å². The molecule has 0 radical (unpaired) electrons. The van der Waals surface area contributed by atoms with Crippen molar-refractivity contribution in [2.75, 3.05) is 0 Å². The van der Waals surface area contributed by atoms with Gasteiger partial charge in [0.05, 0.1) is 0 Å².